The summed E-state index contributed by atoms with van der Waals surface area (Å²) in [5.41, 5.74) is 21.2. The molecule has 0 fully saturated rings. The molecule has 0 saturated carbocycles. The third-order valence-electron chi connectivity index (χ3n) is 14.2. The molecule has 0 aromatic heterocycles. The molecule has 3 atom stereocenters. The highest BCUT2D eigenvalue weighted by Gasteiger charge is 2.53. The van der Waals surface area contributed by atoms with E-state index in [-0.39, 0.29) is 0 Å². The van der Waals surface area contributed by atoms with Gasteiger partial charge in [-0.1, -0.05) is 139 Å². The molecule has 62 heavy (non-hydrogen) atoms. The molecule has 0 heterocycles. The third-order valence-corrected chi connectivity index (χ3v) is 17.0. The Bertz CT molecular complexity index is 3330. The van der Waals surface area contributed by atoms with Crippen LogP contribution in [0, 0.1) is 13.8 Å². The molecular weight excluding hydrogens is 793 g/mol. The highest BCUT2D eigenvalue weighted by Crippen LogP contribution is 2.65. The molecule has 2 nitrogen and oxygen atoms in total. The van der Waals surface area contributed by atoms with Gasteiger partial charge >= 0.3 is 0 Å². The quantitative estimate of drug-likeness (QED) is 0.166. The Morgan fingerprint density at radius 3 is 1.16 bits per heavy atom. The summed E-state index contributed by atoms with van der Waals surface area (Å²) < 4.78 is 29.3. The lowest BCUT2D eigenvalue weighted by Crippen LogP contribution is -2.26. The van der Waals surface area contributed by atoms with Crippen LogP contribution in [0.3, 0.4) is 0 Å². The van der Waals surface area contributed by atoms with Crippen molar-refractivity contribution in [3.63, 3.8) is 0 Å². The molecule has 4 aliphatic carbocycles. The summed E-state index contributed by atoms with van der Waals surface area (Å²) in [4.78, 5) is 2.85. The number of fused-ring (bicyclic) bond motifs is 20. The molecule has 0 N–H and O–H groups in total. The average molecular weight is 831 g/mol. The van der Waals surface area contributed by atoms with E-state index in [4.69, 9.17) is 0 Å². The fourth-order valence-corrected chi connectivity index (χ4v) is 13.9. The number of rotatable bonds is 4. The summed E-state index contributed by atoms with van der Waals surface area (Å²) in [6.07, 6.45) is 0. The van der Waals surface area contributed by atoms with Gasteiger partial charge in [0, 0.05) is 22.4 Å². The third kappa shape index (κ3) is 4.55. The second kappa shape index (κ2) is 13.1. The standard InChI is InChI=1S/C58H38O2S2/c1-35-22-29-45-43-15-5-9-19-50(43)58(53(45)32-35)51-20-10-6-16-44(51)46-30-27-39(33-54(46)58)61(59)37-23-25-38(26-24-37)62(60)40-28-31-47-55(34-40)57(52-21-11-12-36(2)56(47)52)48-17-7-3-13-41(48)42-14-4-8-18-49(42)57/h3-34H,1-2H3. The molecule has 13 rings (SSSR count). The molecule has 9 aromatic rings. The zero-order valence-electron chi connectivity index (χ0n) is 34.1. The van der Waals surface area contributed by atoms with Gasteiger partial charge in [-0.05, 0) is 169 Å². The summed E-state index contributed by atoms with van der Waals surface area (Å²) in [7, 11) is 0. The Balaban J connectivity index is 0.885. The largest absolute Gasteiger partial charge is 0.606 e. The number of benzene rings is 9. The van der Waals surface area contributed by atoms with Crippen molar-refractivity contribution in [2.45, 2.75) is 44.3 Å². The van der Waals surface area contributed by atoms with Crippen LogP contribution in [0.15, 0.2) is 214 Å². The van der Waals surface area contributed by atoms with E-state index in [9.17, 15) is 9.11 Å². The first kappa shape index (κ1) is 36.3. The lowest BCUT2D eigenvalue weighted by molar-refractivity contribution is 0.592. The van der Waals surface area contributed by atoms with Gasteiger partial charge in [0.2, 0.25) is 0 Å². The summed E-state index contributed by atoms with van der Waals surface area (Å²) in [5, 5.41) is 0. The van der Waals surface area contributed by atoms with E-state index < -0.39 is 33.2 Å². The van der Waals surface area contributed by atoms with E-state index in [0.29, 0.717) is 9.79 Å². The summed E-state index contributed by atoms with van der Waals surface area (Å²) in [6, 6.07) is 68.8. The lowest BCUT2D eigenvalue weighted by atomic mass is 9.70. The minimum absolute atomic E-state index is 0.512. The normalized spacial score (nSPS) is 17.1. The summed E-state index contributed by atoms with van der Waals surface area (Å²) in [5.74, 6) is 0. The van der Waals surface area contributed by atoms with Crippen LogP contribution in [-0.2, 0) is 33.2 Å². The van der Waals surface area contributed by atoms with Crippen LogP contribution in [0.1, 0.15) is 55.6 Å². The second-order valence-corrected chi connectivity index (χ2v) is 20.1. The van der Waals surface area contributed by atoms with Gasteiger partial charge in [0.15, 0.2) is 19.6 Å². The molecule has 2 spiro atoms. The van der Waals surface area contributed by atoms with Crippen LogP contribution in [0.5, 0.6) is 0 Å². The highest BCUT2D eigenvalue weighted by atomic mass is 32.2. The topological polar surface area (TPSA) is 46.1 Å². The molecule has 0 aliphatic heterocycles. The molecule has 0 bridgehead atoms. The van der Waals surface area contributed by atoms with E-state index in [1.165, 1.54) is 100 Å². The SMILES string of the molecule is Cc1ccc2c(c1)C1(c3ccccc3-2)c2ccccc2-c2ccc([S+]([O-])c3ccc([S+]([O-])c4ccc5c(c4)C4(c6ccccc6-c6ccccc64)c4cccc(C)c4-5)cc3)cc21. The Morgan fingerprint density at radius 1 is 0.306 bits per heavy atom. The zero-order valence-corrected chi connectivity index (χ0v) is 35.7. The van der Waals surface area contributed by atoms with Crippen LogP contribution in [-0.4, -0.2) is 9.11 Å². The summed E-state index contributed by atoms with van der Waals surface area (Å²) in [6.45, 7) is 4.36. The fraction of sp³-hybridized carbons (Fsp3) is 0.0690. The molecule has 4 heteroatoms. The van der Waals surface area contributed by atoms with Crippen molar-refractivity contribution in [1.29, 1.82) is 0 Å². The minimum atomic E-state index is -1.48. The minimum Gasteiger partial charge on any atom is -0.606 e. The predicted octanol–water partition coefficient (Wildman–Crippen LogP) is 13.3. The lowest BCUT2D eigenvalue weighted by Gasteiger charge is -2.30. The number of hydrogen-bond acceptors (Lipinski definition) is 2. The van der Waals surface area contributed by atoms with Crippen molar-refractivity contribution in [2.24, 2.45) is 0 Å². The molecule has 294 valence electrons. The molecular formula is C58H38O2S2. The van der Waals surface area contributed by atoms with Gasteiger partial charge in [-0.2, -0.15) is 0 Å². The average Bonchev–Trinajstić information content (AvgIpc) is 4.00. The monoisotopic (exact) mass is 830 g/mol. The van der Waals surface area contributed by atoms with Crippen molar-refractivity contribution in [1.82, 2.24) is 0 Å². The molecule has 0 radical (unpaired) electrons. The second-order valence-electron chi connectivity index (χ2n) is 17.2. The van der Waals surface area contributed by atoms with Crippen LogP contribution < -0.4 is 0 Å². The predicted molar refractivity (Wildman–Crippen MR) is 251 cm³/mol. The van der Waals surface area contributed by atoms with Gasteiger partial charge in [0.05, 0.1) is 10.8 Å². The maximum Gasteiger partial charge on any atom is 0.158 e. The van der Waals surface area contributed by atoms with Crippen molar-refractivity contribution < 1.29 is 9.11 Å². The highest BCUT2D eigenvalue weighted by molar-refractivity contribution is 7.92. The summed E-state index contributed by atoms with van der Waals surface area (Å²) >= 11 is -2.96. The van der Waals surface area contributed by atoms with Gasteiger partial charge < -0.3 is 9.11 Å². The first-order valence-corrected chi connectivity index (χ1v) is 23.5. The number of aryl methyl sites for hydroxylation is 2. The smallest absolute Gasteiger partial charge is 0.158 e. The first-order chi connectivity index (χ1) is 30.4. The number of hydrogen-bond donors (Lipinski definition) is 0. The van der Waals surface area contributed by atoms with Gasteiger partial charge in [-0.25, -0.2) is 0 Å². The van der Waals surface area contributed by atoms with Gasteiger partial charge in [0.25, 0.3) is 0 Å². The van der Waals surface area contributed by atoms with Crippen molar-refractivity contribution in [2.75, 3.05) is 0 Å². The maximum atomic E-state index is 14.7. The van der Waals surface area contributed by atoms with Gasteiger partial charge in [-0.15, -0.1) is 0 Å². The molecule has 0 saturated heterocycles. The molecule has 0 amide bonds. The Morgan fingerprint density at radius 2 is 0.661 bits per heavy atom. The fourth-order valence-electron chi connectivity index (χ4n) is 11.8. The van der Waals surface area contributed by atoms with E-state index >= 15 is 0 Å². The maximum absolute atomic E-state index is 14.7. The van der Waals surface area contributed by atoms with Crippen molar-refractivity contribution in [3.8, 4) is 44.5 Å². The van der Waals surface area contributed by atoms with Gasteiger partial charge in [-0.3, -0.25) is 0 Å². The van der Waals surface area contributed by atoms with Crippen molar-refractivity contribution >= 4 is 22.4 Å². The molecule has 4 aliphatic rings. The van der Waals surface area contributed by atoms with Crippen LogP contribution in [0.25, 0.3) is 44.5 Å². The van der Waals surface area contributed by atoms with Crippen LogP contribution >= 0.6 is 0 Å². The van der Waals surface area contributed by atoms with Gasteiger partial charge in [0.1, 0.15) is 0 Å². The van der Waals surface area contributed by atoms with E-state index in [1.54, 1.807) is 0 Å². The van der Waals surface area contributed by atoms with E-state index in [0.717, 1.165) is 9.79 Å². The molecule has 9 aromatic carbocycles. The van der Waals surface area contributed by atoms with Crippen molar-refractivity contribution in [3.05, 3.63) is 250 Å². The van der Waals surface area contributed by atoms with E-state index in [1.807, 2.05) is 36.4 Å². The Kier molecular flexibility index (Phi) is 7.64. The zero-order chi connectivity index (χ0) is 41.5. The van der Waals surface area contributed by atoms with Crippen LogP contribution in [0.2, 0.25) is 0 Å². The van der Waals surface area contributed by atoms with Crippen LogP contribution in [0.4, 0.5) is 0 Å². The Labute approximate surface area is 368 Å². The Hall–Kier alpha value is -6.40. The molecule has 3 unspecified atom stereocenters. The first-order valence-electron chi connectivity index (χ1n) is 21.2. The van der Waals surface area contributed by atoms with E-state index in [2.05, 4.69) is 172 Å².